The predicted octanol–water partition coefficient (Wildman–Crippen LogP) is 4.82. The molecule has 1 aromatic heterocycles. The van der Waals surface area contributed by atoms with Gasteiger partial charge in [-0.15, -0.1) is 30.7 Å². The molecule has 0 nitrogen and oxygen atoms in total. The summed E-state index contributed by atoms with van der Waals surface area (Å²) < 4.78 is 0. The summed E-state index contributed by atoms with van der Waals surface area (Å²) in [5.41, 5.74) is 12.6. The van der Waals surface area contributed by atoms with Crippen molar-refractivity contribution in [3.8, 4) is 11.1 Å². The Labute approximate surface area is 290 Å². The van der Waals surface area contributed by atoms with Crippen LogP contribution in [0.4, 0.5) is 0 Å². The van der Waals surface area contributed by atoms with E-state index in [4.69, 9.17) is 0 Å². The molecule has 0 bridgehead atoms. The first-order valence-corrected chi connectivity index (χ1v) is 15.9. The largest absolute Gasteiger partial charge is 4.00 e. The molecular weight excluding hydrogens is 651 g/mol. The van der Waals surface area contributed by atoms with Gasteiger partial charge in [-0.05, 0) is 34.7 Å². The topological polar surface area (TPSA) is 0 Å². The molecule has 3 aromatic rings. The second-order valence-electron chi connectivity index (χ2n) is 13.2. The summed E-state index contributed by atoms with van der Waals surface area (Å²) in [5.74, 6) is 4.93. The number of halogens is 2. The van der Waals surface area contributed by atoms with Crippen molar-refractivity contribution in [3.63, 3.8) is 0 Å². The Morgan fingerprint density at radius 2 is 1.52 bits per heavy atom. The molecule has 4 aliphatic carbocycles. The Balaban J connectivity index is 0.000000317. The molecule has 7 rings (SSSR count). The zero-order valence-electron chi connectivity index (χ0n) is 26.3. The number of allylic oxidation sites excluding steroid dienone is 6. The third-order valence-electron chi connectivity index (χ3n) is 12.0. The number of hydrogen-bond acceptors (Lipinski definition) is 1. The fourth-order valence-electron chi connectivity index (χ4n) is 8.83. The van der Waals surface area contributed by atoms with Gasteiger partial charge in [-0.1, -0.05) is 130 Å². The van der Waals surface area contributed by atoms with Gasteiger partial charge in [0, 0.05) is 5.41 Å². The van der Waals surface area contributed by atoms with Crippen molar-refractivity contribution in [1.82, 2.24) is 0 Å². The quantitative estimate of drug-likeness (QED) is 0.321. The van der Waals surface area contributed by atoms with Gasteiger partial charge in [-0.2, -0.15) is 23.3 Å². The number of hydrogen-bond donors (Lipinski definition) is 0. The van der Waals surface area contributed by atoms with Crippen molar-refractivity contribution >= 4 is 16.9 Å². The molecule has 0 amide bonds. The summed E-state index contributed by atoms with van der Waals surface area (Å²) in [6.45, 7) is 20.2. The van der Waals surface area contributed by atoms with Gasteiger partial charge in [0.25, 0.3) is 0 Å². The maximum absolute atomic E-state index is 2.63. The number of thiophene rings is 1. The van der Waals surface area contributed by atoms with Gasteiger partial charge in [0.1, 0.15) is 0 Å². The van der Waals surface area contributed by atoms with E-state index in [2.05, 4.69) is 133 Å². The first-order chi connectivity index (χ1) is 18.6. The van der Waals surface area contributed by atoms with E-state index in [0.29, 0.717) is 29.6 Å². The molecule has 1 saturated carbocycles. The molecule has 7 unspecified atom stereocenters. The molecule has 0 saturated heterocycles. The van der Waals surface area contributed by atoms with E-state index in [0.717, 1.165) is 6.42 Å². The van der Waals surface area contributed by atoms with E-state index in [9.17, 15) is 0 Å². The van der Waals surface area contributed by atoms with Gasteiger partial charge in [0.15, 0.2) is 0 Å². The minimum absolute atomic E-state index is 0. The Kier molecular flexibility index (Phi) is 11.0. The van der Waals surface area contributed by atoms with Crippen molar-refractivity contribution in [3.05, 3.63) is 111 Å². The Bertz CT molecular complexity index is 1430. The van der Waals surface area contributed by atoms with Crippen LogP contribution in [0.15, 0.2) is 94.2 Å². The molecule has 1 heterocycles. The van der Waals surface area contributed by atoms with Crippen molar-refractivity contribution in [2.45, 2.75) is 61.8 Å². The summed E-state index contributed by atoms with van der Waals surface area (Å²) in [6.07, 6.45) is 6.12. The molecule has 0 spiro atoms. The maximum Gasteiger partial charge on any atom is 4.00 e. The Morgan fingerprint density at radius 3 is 2.17 bits per heavy atom. The van der Waals surface area contributed by atoms with Crippen LogP contribution in [0.1, 0.15) is 66.5 Å². The Morgan fingerprint density at radius 1 is 0.857 bits per heavy atom. The fourth-order valence-corrected chi connectivity index (χ4v) is 9.50. The van der Waals surface area contributed by atoms with Crippen LogP contribution in [-0.4, -0.2) is 0 Å². The van der Waals surface area contributed by atoms with Crippen molar-refractivity contribution in [2.24, 2.45) is 40.4 Å². The average Bonchev–Trinajstić information content (AvgIpc) is 3.71. The molecule has 0 radical (unpaired) electrons. The monoisotopic (exact) mass is 692 g/mol. The van der Waals surface area contributed by atoms with Crippen molar-refractivity contribution < 1.29 is 51.0 Å². The van der Waals surface area contributed by atoms with Crippen LogP contribution in [0.25, 0.3) is 16.7 Å². The van der Waals surface area contributed by atoms with Gasteiger partial charge in [0.2, 0.25) is 0 Å². The van der Waals surface area contributed by atoms with E-state index < -0.39 is 0 Å². The number of rotatable bonds is 1. The molecule has 42 heavy (non-hydrogen) atoms. The van der Waals surface area contributed by atoms with Gasteiger partial charge in [-0.25, -0.2) is 17.3 Å². The smallest absolute Gasteiger partial charge is 1.00 e. The molecule has 2 aromatic carbocycles. The van der Waals surface area contributed by atoms with Crippen LogP contribution in [0.2, 0.25) is 0 Å². The molecule has 4 heteroatoms. The summed E-state index contributed by atoms with van der Waals surface area (Å²) in [5, 5.41) is 4.26. The number of benzene rings is 1. The fraction of sp³-hybridized carbons (Fsp3) is 0.421. The van der Waals surface area contributed by atoms with E-state index >= 15 is 0 Å². The maximum atomic E-state index is 2.63. The van der Waals surface area contributed by atoms with Crippen molar-refractivity contribution in [2.75, 3.05) is 0 Å². The summed E-state index contributed by atoms with van der Waals surface area (Å²) >= 11 is 1.74. The van der Waals surface area contributed by atoms with Crippen LogP contribution >= 0.6 is 11.3 Å². The SMILES string of the molecule is C[C-]1C2=C3Cc4ccccc4C3=C3C=CC(C)C(C)C3(C)C2(C)C(C)C(C)C1C.[Cl-].[Cl-].[Zr+4].c1cc[c-](-c2ccsc2)c1. The normalized spacial score (nSPS) is 32.2. The van der Waals surface area contributed by atoms with E-state index in [1.54, 1.807) is 39.5 Å². The minimum atomic E-state index is 0. The van der Waals surface area contributed by atoms with E-state index in [1.807, 2.05) is 0 Å². The summed E-state index contributed by atoms with van der Waals surface area (Å²) in [4.78, 5) is 0. The second-order valence-corrected chi connectivity index (χ2v) is 14.0. The van der Waals surface area contributed by atoms with Crippen LogP contribution < -0.4 is 24.8 Å². The van der Waals surface area contributed by atoms with E-state index in [1.165, 1.54) is 22.3 Å². The van der Waals surface area contributed by atoms with Crippen LogP contribution in [-0.2, 0) is 32.6 Å². The minimum Gasteiger partial charge on any atom is -1.00 e. The zero-order chi connectivity index (χ0) is 27.7. The molecular formula is C38H44Cl2SZr. The van der Waals surface area contributed by atoms with E-state index in [-0.39, 0.29) is 61.8 Å². The molecule has 0 N–H and O–H groups in total. The first kappa shape index (κ1) is 35.3. The van der Waals surface area contributed by atoms with Crippen LogP contribution in [0.3, 0.4) is 0 Å². The number of fused-ring (bicyclic) bond motifs is 6. The van der Waals surface area contributed by atoms with Crippen LogP contribution in [0.5, 0.6) is 0 Å². The average molecular weight is 695 g/mol. The first-order valence-electron chi connectivity index (χ1n) is 15.0. The summed E-state index contributed by atoms with van der Waals surface area (Å²) in [7, 11) is 0. The van der Waals surface area contributed by atoms with Gasteiger partial charge in [0.05, 0.1) is 0 Å². The molecule has 220 valence electrons. The zero-order valence-corrected chi connectivity index (χ0v) is 31.0. The standard InChI is InChI=1S/C29H37.C9H7S.2ClH.Zr/c1-16-13-14-25-26-23-12-10-9-11-22(23)15-24(26)27-19(4)17(2)18(3)21(6)29(27,8)28(25,7)20(16)5;1-2-4-8(3-1)9-5-6-10-7-9;;;/h9-14,16-18,20-21H,15H2,1-8H3;1-7H;2*1H;/q2*-1;;;+4/p-2. The predicted molar refractivity (Wildman–Crippen MR) is 170 cm³/mol. The Hall–Kier alpha value is -1.18. The summed E-state index contributed by atoms with van der Waals surface area (Å²) in [6, 6.07) is 19.7. The van der Waals surface area contributed by atoms with Gasteiger partial charge >= 0.3 is 26.2 Å². The molecule has 7 atom stereocenters. The molecule has 0 aliphatic heterocycles. The van der Waals surface area contributed by atoms with Gasteiger partial charge < -0.3 is 24.8 Å². The van der Waals surface area contributed by atoms with Crippen LogP contribution in [0, 0.1) is 46.3 Å². The third-order valence-corrected chi connectivity index (χ3v) is 12.7. The molecule has 4 aliphatic rings. The van der Waals surface area contributed by atoms with Crippen molar-refractivity contribution in [1.29, 1.82) is 0 Å². The second kappa shape index (κ2) is 13.0. The van der Waals surface area contributed by atoms with Gasteiger partial charge in [-0.3, -0.25) is 0 Å². The third kappa shape index (κ3) is 4.96. The molecule has 1 fully saturated rings.